The summed E-state index contributed by atoms with van der Waals surface area (Å²) >= 11 is 5.93. The van der Waals surface area contributed by atoms with Crippen LogP contribution in [0.1, 0.15) is 5.82 Å². The molecule has 0 fully saturated rings. The normalized spacial score (nSPS) is 11.2. The van der Waals surface area contributed by atoms with Crippen molar-refractivity contribution in [2.75, 3.05) is 0 Å². The van der Waals surface area contributed by atoms with Crippen LogP contribution < -0.4 is 11.0 Å². The Morgan fingerprint density at radius 3 is 2.72 bits per heavy atom. The van der Waals surface area contributed by atoms with Crippen LogP contribution in [0.2, 0.25) is 5.02 Å². The quantitative estimate of drug-likeness (QED) is 0.526. The second kappa shape index (κ2) is 5.67. The van der Waals surface area contributed by atoms with Gasteiger partial charge < -0.3 is 10.1 Å². The minimum atomic E-state index is -0.640. The van der Waals surface area contributed by atoms with Crippen LogP contribution in [-0.4, -0.2) is 29.8 Å². The average molecular weight is 356 g/mol. The fourth-order valence-electron chi connectivity index (χ4n) is 2.63. The first kappa shape index (κ1) is 15.3. The lowest BCUT2D eigenvalue weighted by atomic mass is 10.1. The first-order valence-electron chi connectivity index (χ1n) is 7.26. The number of halogens is 1. The molecule has 0 bridgehead atoms. The standard InChI is InChI=1S/C16H10ClN5O3/c17-8-2-3-9-10(6-8)20-13-12(14(9)23)16(25)22(21-15(13)24)7-11-18-4-1-5-19-11/h1-6H,7H2,(H,20,23)(H,21,24). The minimum Gasteiger partial charge on any atom is -0.491 e. The first-order chi connectivity index (χ1) is 12.0. The highest BCUT2D eigenvalue weighted by Crippen LogP contribution is 2.20. The molecule has 124 valence electrons. The fraction of sp³-hybridized carbons (Fsp3) is 0.0625. The third-order valence-corrected chi connectivity index (χ3v) is 4.00. The van der Waals surface area contributed by atoms with E-state index in [9.17, 15) is 14.7 Å². The number of hydrogen-bond acceptors (Lipinski definition) is 6. The first-order valence-corrected chi connectivity index (χ1v) is 7.63. The fourth-order valence-corrected chi connectivity index (χ4v) is 2.80. The van der Waals surface area contributed by atoms with Gasteiger partial charge in [0.05, 0.1) is 5.52 Å². The SMILES string of the molecule is O=c1c2ccc(Cl)cc2[nH]c2c(O)nn(Cc3ncccn3)c(=O)c12. The average Bonchev–Trinajstić information content (AvgIpc) is 2.60. The van der Waals surface area contributed by atoms with Gasteiger partial charge in [-0.05, 0) is 24.3 Å². The molecular weight excluding hydrogens is 346 g/mol. The van der Waals surface area contributed by atoms with Crippen LogP contribution in [0.5, 0.6) is 5.88 Å². The number of aromatic nitrogens is 5. The van der Waals surface area contributed by atoms with Crippen molar-refractivity contribution in [3.8, 4) is 5.88 Å². The van der Waals surface area contributed by atoms with Crippen molar-refractivity contribution in [1.82, 2.24) is 24.7 Å². The van der Waals surface area contributed by atoms with Crippen molar-refractivity contribution >= 4 is 33.4 Å². The molecule has 0 aliphatic rings. The molecule has 0 radical (unpaired) electrons. The molecule has 4 rings (SSSR count). The maximum atomic E-state index is 12.7. The summed E-state index contributed by atoms with van der Waals surface area (Å²) < 4.78 is 0.962. The van der Waals surface area contributed by atoms with Gasteiger partial charge in [-0.3, -0.25) is 9.59 Å². The number of aromatic hydroxyl groups is 1. The summed E-state index contributed by atoms with van der Waals surface area (Å²) in [6, 6.07) is 6.26. The number of H-pyrrole nitrogens is 1. The zero-order valence-corrected chi connectivity index (χ0v) is 13.4. The molecule has 8 nitrogen and oxygen atoms in total. The maximum absolute atomic E-state index is 12.7. The molecule has 4 aromatic rings. The van der Waals surface area contributed by atoms with Crippen LogP contribution in [-0.2, 0) is 6.54 Å². The summed E-state index contributed by atoms with van der Waals surface area (Å²) in [4.78, 5) is 36.3. The summed E-state index contributed by atoms with van der Waals surface area (Å²) in [5, 5.41) is 14.6. The molecule has 0 atom stereocenters. The smallest absolute Gasteiger partial charge is 0.280 e. The summed E-state index contributed by atoms with van der Waals surface area (Å²) in [5.74, 6) is -0.135. The molecule has 0 aliphatic heterocycles. The predicted molar refractivity (Wildman–Crippen MR) is 91.9 cm³/mol. The third kappa shape index (κ3) is 2.52. The van der Waals surface area contributed by atoms with Crippen LogP contribution in [0.4, 0.5) is 0 Å². The molecule has 0 amide bonds. The van der Waals surface area contributed by atoms with E-state index in [1.165, 1.54) is 18.5 Å². The van der Waals surface area contributed by atoms with Crippen molar-refractivity contribution in [3.63, 3.8) is 0 Å². The van der Waals surface area contributed by atoms with E-state index in [0.717, 1.165) is 4.68 Å². The Bertz CT molecular complexity index is 1230. The Kier molecular flexibility index (Phi) is 3.47. The monoisotopic (exact) mass is 355 g/mol. The van der Waals surface area contributed by atoms with Crippen molar-refractivity contribution in [2.24, 2.45) is 0 Å². The number of hydrogen-bond donors (Lipinski definition) is 2. The van der Waals surface area contributed by atoms with E-state index in [0.29, 0.717) is 21.7 Å². The minimum absolute atomic E-state index is 0.0324. The molecule has 0 unspecified atom stereocenters. The number of benzene rings is 1. The van der Waals surface area contributed by atoms with E-state index >= 15 is 0 Å². The lowest BCUT2D eigenvalue weighted by Crippen LogP contribution is -2.28. The lowest BCUT2D eigenvalue weighted by molar-refractivity contribution is 0.429. The van der Waals surface area contributed by atoms with E-state index in [4.69, 9.17) is 11.6 Å². The Labute approximate surface area is 144 Å². The van der Waals surface area contributed by atoms with Gasteiger partial charge in [0.15, 0.2) is 0 Å². The van der Waals surface area contributed by atoms with Gasteiger partial charge in [0.25, 0.3) is 11.4 Å². The highest BCUT2D eigenvalue weighted by Gasteiger charge is 2.17. The second-order valence-corrected chi connectivity index (χ2v) is 5.78. The maximum Gasteiger partial charge on any atom is 0.280 e. The Morgan fingerprint density at radius 1 is 1.20 bits per heavy atom. The van der Waals surface area contributed by atoms with Crippen molar-refractivity contribution < 1.29 is 5.11 Å². The molecule has 25 heavy (non-hydrogen) atoms. The second-order valence-electron chi connectivity index (χ2n) is 5.35. The lowest BCUT2D eigenvalue weighted by Gasteiger charge is -2.08. The van der Waals surface area contributed by atoms with Gasteiger partial charge in [-0.2, -0.15) is 0 Å². The van der Waals surface area contributed by atoms with E-state index in [-0.39, 0.29) is 17.4 Å². The topological polar surface area (TPSA) is 114 Å². The highest BCUT2D eigenvalue weighted by atomic mass is 35.5. The van der Waals surface area contributed by atoms with Gasteiger partial charge in [-0.25, -0.2) is 14.6 Å². The highest BCUT2D eigenvalue weighted by molar-refractivity contribution is 6.31. The van der Waals surface area contributed by atoms with Crippen molar-refractivity contribution in [2.45, 2.75) is 6.54 Å². The molecule has 3 aromatic heterocycles. The van der Waals surface area contributed by atoms with Crippen LogP contribution in [0, 0.1) is 0 Å². The molecule has 0 saturated carbocycles. The number of rotatable bonds is 2. The number of fused-ring (bicyclic) bond motifs is 2. The molecular formula is C16H10ClN5O3. The van der Waals surface area contributed by atoms with E-state index < -0.39 is 16.9 Å². The van der Waals surface area contributed by atoms with Gasteiger partial charge in [-0.1, -0.05) is 11.6 Å². The van der Waals surface area contributed by atoms with Gasteiger partial charge in [0, 0.05) is 22.8 Å². The third-order valence-electron chi connectivity index (χ3n) is 3.76. The Balaban J connectivity index is 2.03. The number of nitrogens with one attached hydrogen (secondary N) is 1. The summed E-state index contributed by atoms with van der Waals surface area (Å²) in [6.07, 6.45) is 3.05. The number of nitrogens with zero attached hydrogens (tertiary/aromatic N) is 4. The Hall–Kier alpha value is -3.26. The van der Waals surface area contributed by atoms with Crippen LogP contribution in [0.3, 0.4) is 0 Å². The van der Waals surface area contributed by atoms with E-state index in [2.05, 4.69) is 20.1 Å². The van der Waals surface area contributed by atoms with Crippen molar-refractivity contribution in [1.29, 1.82) is 0 Å². The zero-order valence-electron chi connectivity index (χ0n) is 12.6. The number of aromatic amines is 1. The summed E-state index contributed by atoms with van der Waals surface area (Å²) in [5.41, 5.74) is -0.773. The molecule has 2 N–H and O–H groups in total. The van der Waals surface area contributed by atoms with Gasteiger partial charge in [0.1, 0.15) is 23.3 Å². The molecule has 1 aromatic carbocycles. The molecule has 0 saturated heterocycles. The van der Waals surface area contributed by atoms with Crippen LogP contribution >= 0.6 is 11.6 Å². The van der Waals surface area contributed by atoms with E-state index in [1.807, 2.05) is 0 Å². The van der Waals surface area contributed by atoms with Gasteiger partial charge in [-0.15, -0.1) is 5.10 Å². The molecule has 3 heterocycles. The van der Waals surface area contributed by atoms with Crippen LogP contribution in [0.15, 0.2) is 46.2 Å². The largest absolute Gasteiger partial charge is 0.491 e. The zero-order chi connectivity index (χ0) is 17.6. The van der Waals surface area contributed by atoms with Crippen LogP contribution in [0.25, 0.3) is 21.8 Å². The summed E-state index contributed by atoms with van der Waals surface area (Å²) in [6.45, 7) is -0.0682. The van der Waals surface area contributed by atoms with E-state index in [1.54, 1.807) is 18.2 Å². The molecule has 0 aliphatic carbocycles. The predicted octanol–water partition coefficient (Wildman–Crippen LogP) is 1.44. The van der Waals surface area contributed by atoms with Gasteiger partial charge >= 0.3 is 0 Å². The summed E-state index contributed by atoms with van der Waals surface area (Å²) in [7, 11) is 0. The Morgan fingerprint density at radius 2 is 1.96 bits per heavy atom. The van der Waals surface area contributed by atoms with Crippen molar-refractivity contribution in [3.05, 3.63) is 68.1 Å². The molecule has 9 heteroatoms. The molecule has 0 spiro atoms. The van der Waals surface area contributed by atoms with Gasteiger partial charge in [0.2, 0.25) is 5.43 Å². The number of pyridine rings is 1.